The van der Waals surface area contributed by atoms with Crippen molar-refractivity contribution in [1.29, 1.82) is 0 Å². The number of thiophene rings is 2. The second-order valence-electron chi connectivity index (χ2n) is 16.7. The van der Waals surface area contributed by atoms with Crippen LogP contribution in [0.4, 0.5) is 5.69 Å². The predicted octanol–water partition coefficient (Wildman–Crippen LogP) is 8.15. The number of piperidine rings is 2. The number of benzene rings is 4. The molecule has 0 saturated carbocycles. The summed E-state index contributed by atoms with van der Waals surface area (Å²) in [6.07, 6.45) is 2.48. The van der Waals surface area contributed by atoms with Gasteiger partial charge in [0.15, 0.2) is 0 Å². The Morgan fingerprint density at radius 1 is 0.648 bits per heavy atom. The maximum absolute atomic E-state index is 13.2. The number of rotatable bonds is 13. The summed E-state index contributed by atoms with van der Waals surface area (Å²) in [5.74, 6) is -1.51. The van der Waals surface area contributed by atoms with Crippen molar-refractivity contribution < 1.29 is 36.3 Å². The molecule has 71 heavy (non-hydrogen) atoms. The Morgan fingerprint density at radius 2 is 1.21 bits per heavy atom. The van der Waals surface area contributed by atoms with E-state index in [9.17, 15) is 36.3 Å². The number of anilines is 1. The van der Waals surface area contributed by atoms with Crippen molar-refractivity contribution in [3.63, 3.8) is 0 Å². The number of halogens is 2. The number of carbonyl (C=O) groups excluding carboxylic acids is 2. The van der Waals surface area contributed by atoms with Gasteiger partial charge in [-0.15, -0.1) is 27.8 Å². The highest BCUT2D eigenvalue weighted by Crippen LogP contribution is 2.33. The van der Waals surface area contributed by atoms with Crippen molar-refractivity contribution in [3.8, 4) is 0 Å². The van der Waals surface area contributed by atoms with E-state index in [2.05, 4.69) is 31.1 Å². The zero-order valence-corrected chi connectivity index (χ0v) is 42.2. The van der Waals surface area contributed by atoms with Gasteiger partial charge in [-0.1, -0.05) is 40.5 Å². The lowest BCUT2D eigenvalue weighted by Crippen LogP contribution is -2.39. The summed E-state index contributed by atoms with van der Waals surface area (Å²) in [4.78, 5) is 38.9. The van der Waals surface area contributed by atoms with E-state index in [4.69, 9.17) is 23.2 Å². The average molecular weight is 1080 g/mol. The van der Waals surface area contributed by atoms with Gasteiger partial charge in [-0.05, 0) is 129 Å². The summed E-state index contributed by atoms with van der Waals surface area (Å²) in [7, 11) is -7.29. The van der Waals surface area contributed by atoms with Gasteiger partial charge in [0, 0.05) is 57.2 Å². The molecule has 2 aliphatic heterocycles. The highest BCUT2D eigenvalue weighted by molar-refractivity contribution is 7.91. The van der Waals surface area contributed by atoms with Crippen molar-refractivity contribution in [2.75, 3.05) is 31.5 Å². The van der Waals surface area contributed by atoms with Gasteiger partial charge in [-0.3, -0.25) is 9.59 Å². The molecule has 0 atom stereocenters. The number of carbonyl (C=O) groups is 3. The Kier molecular flexibility index (Phi) is 15.0. The van der Waals surface area contributed by atoms with Crippen LogP contribution in [0.3, 0.4) is 0 Å². The van der Waals surface area contributed by atoms with Crippen LogP contribution in [0.5, 0.6) is 0 Å². The number of hydrogen-bond donors (Lipinski definition) is 3. The minimum atomic E-state index is -3.67. The smallest absolute Gasteiger partial charge is 0.335 e. The van der Waals surface area contributed by atoms with Crippen LogP contribution in [0.15, 0.2) is 124 Å². The number of carboxylic acids is 1. The monoisotopic (exact) mass is 1070 g/mol. The van der Waals surface area contributed by atoms with Crippen LogP contribution in [-0.4, -0.2) is 105 Å². The molecule has 2 saturated heterocycles. The summed E-state index contributed by atoms with van der Waals surface area (Å²) >= 11 is 14.0. The van der Waals surface area contributed by atoms with Crippen LogP contribution < -0.4 is 10.6 Å². The molecule has 8 aromatic rings. The Bertz CT molecular complexity index is 3460. The van der Waals surface area contributed by atoms with Crippen LogP contribution in [0.2, 0.25) is 10.0 Å². The minimum Gasteiger partial charge on any atom is -0.478 e. The lowest BCUT2D eigenvalue weighted by atomic mass is 10.1. The van der Waals surface area contributed by atoms with Crippen molar-refractivity contribution in [3.05, 3.63) is 146 Å². The van der Waals surface area contributed by atoms with Gasteiger partial charge < -0.3 is 15.7 Å². The largest absolute Gasteiger partial charge is 0.478 e. The van der Waals surface area contributed by atoms with E-state index in [-0.39, 0.29) is 50.8 Å². The number of aromatic carboxylic acids is 1. The quantitative estimate of drug-likeness (QED) is 0.0993. The molecule has 24 heteroatoms. The van der Waals surface area contributed by atoms with E-state index < -0.39 is 26.0 Å². The molecule has 2 fully saturated rings. The van der Waals surface area contributed by atoms with E-state index in [1.54, 1.807) is 83.7 Å². The molecule has 10 rings (SSSR count). The highest BCUT2D eigenvalue weighted by Gasteiger charge is 2.34. The first kappa shape index (κ1) is 49.9. The molecule has 0 unspecified atom stereocenters. The van der Waals surface area contributed by atoms with Gasteiger partial charge in [0.1, 0.15) is 25.0 Å². The number of nitrogens with one attached hydrogen (secondary N) is 2. The third kappa shape index (κ3) is 11.5. The molecule has 368 valence electrons. The molecule has 0 bridgehead atoms. The van der Waals surface area contributed by atoms with Crippen LogP contribution in [0.25, 0.3) is 22.1 Å². The molecule has 4 aromatic carbocycles. The number of nitrogens with zero attached hydrogens (tertiary/aromatic N) is 8. The van der Waals surface area contributed by atoms with Gasteiger partial charge in [0.05, 0.1) is 36.1 Å². The number of sulfonamides is 2. The molecule has 0 spiro atoms. The fraction of sp³-hybridized carbons (Fsp3) is 0.255. The molecule has 2 amide bonds. The fourth-order valence-corrected chi connectivity index (χ4v) is 14.4. The van der Waals surface area contributed by atoms with Crippen molar-refractivity contribution in [2.24, 2.45) is 0 Å². The molecule has 0 radical (unpaired) electrons. The zero-order valence-electron chi connectivity index (χ0n) is 37.5. The molecule has 18 nitrogen and oxygen atoms in total. The molecule has 0 aliphatic carbocycles. The molecular formula is C47H44Cl2N10O8S4. The first-order valence-electron chi connectivity index (χ1n) is 22.3. The minimum absolute atomic E-state index is 0.0888. The van der Waals surface area contributed by atoms with Crippen LogP contribution >= 0.6 is 45.9 Å². The second-order valence-corrected chi connectivity index (χ2v) is 24.2. The number of aromatic nitrogens is 6. The Balaban J connectivity index is 0.000000176. The lowest BCUT2D eigenvalue weighted by Gasteiger charge is -2.30. The van der Waals surface area contributed by atoms with Gasteiger partial charge in [0.25, 0.3) is 26.0 Å². The van der Waals surface area contributed by atoms with Crippen LogP contribution in [0, 0.1) is 0 Å². The van der Waals surface area contributed by atoms with Gasteiger partial charge in [-0.25, -0.2) is 26.3 Å². The first-order chi connectivity index (χ1) is 34.1. The maximum atomic E-state index is 13.2. The SMILES string of the molecule is O=C(Cc1ccc(S(=O)(=O)N2CCC(n3nnc4ccccc43)CC2)s1)Nc1ccc(Cl)cc1.O=C(O)c1ccc2nn(C3CCN(S(=O)(=O)c4ccc(CNC(=O)c5ccc(Cl)cc5)s4)CC3)nc2c1. The number of amides is 2. The summed E-state index contributed by atoms with van der Waals surface area (Å²) in [5, 5.41) is 33.3. The van der Waals surface area contributed by atoms with Crippen molar-refractivity contribution >= 4 is 111 Å². The summed E-state index contributed by atoms with van der Waals surface area (Å²) < 4.78 is 58.2. The standard InChI is InChI=1S/C24H22ClN5O5S2.C23H22ClN5O3S2/c25-17-4-1-15(2-5-17)23(31)26-14-19-6-8-22(36-19)37(34,35)29-11-9-18(10-12-29)30-27-20-7-3-16(24(32)33)13-21(20)28-30;24-16-5-7-17(8-6-16)25-22(30)15-19-9-10-23(33-19)34(31,32)28-13-11-18(12-14-28)29-21-4-2-1-3-20(21)26-27-29/h1-8,13,18H,9-12,14H2,(H,26,31)(H,32,33);1-10,18H,11-15H2,(H,25,30). The van der Waals surface area contributed by atoms with E-state index in [1.165, 1.54) is 20.7 Å². The van der Waals surface area contributed by atoms with Gasteiger partial charge in [0.2, 0.25) is 5.91 Å². The second kappa shape index (κ2) is 21.3. The summed E-state index contributed by atoms with van der Waals surface area (Å²) in [6, 6.07) is 32.3. The number of fused-ring (bicyclic) bond motifs is 2. The number of hydrogen-bond acceptors (Lipinski definition) is 13. The third-order valence-electron chi connectivity index (χ3n) is 12.0. The average Bonchev–Trinajstić information content (AvgIpc) is 4.22. The van der Waals surface area contributed by atoms with E-state index in [0.717, 1.165) is 38.6 Å². The fourth-order valence-electron chi connectivity index (χ4n) is 8.23. The van der Waals surface area contributed by atoms with Crippen molar-refractivity contribution in [1.82, 2.24) is 43.9 Å². The Morgan fingerprint density at radius 3 is 1.86 bits per heavy atom. The summed E-state index contributed by atoms with van der Waals surface area (Å²) in [6.45, 7) is 1.65. The molecule has 2 aliphatic rings. The zero-order chi connectivity index (χ0) is 49.9. The molecular weight excluding hydrogens is 1030 g/mol. The number of carboxylic acid groups (broad SMARTS) is 1. The van der Waals surface area contributed by atoms with E-state index >= 15 is 0 Å². The van der Waals surface area contributed by atoms with Crippen LogP contribution in [-0.2, 0) is 37.8 Å². The third-order valence-corrected chi connectivity index (χ3v) is 19.4. The van der Waals surface area contributed by atoms with E-state index in [1.807, 2.05) is 28.9 Å². The summed E-state index contributed by atoms with van der Waals surface area (Å²) in [5.41, 5.74) is 4.13. The molecule has 3 N–H and O–H groups in total. The topological polar surface area (TPSA) is 232 Å². The number of para-hydroxylation sites is 1. The lowest BCUT2D eigenvalue weighted by molar-refractivity contribution is -0.115. The first-order valence-corrected chi connectivity index (χ1v) is 27.5. The highest BCUT2D eigenvalue weighted by atomic mass is 35.5. The van der Waals surface area contributed by atoms with Crippen LogP contribution in [0.1, 0.15) is 68.2 Å². The van der Waals surface area contributed by atoms with Gasteiger partial charge >= 0.3 is 5.97 Å². The van der Waals surface area contributed by atoms with Gasteiger partial charge in [-0.2, -0.15) is 23.6 Å². The predicted molar refractivity (Wildman–Crippen MR) is 271 cm³/mol. The normalized spacial score (nSPS) is 15.4. The molecule has 6 heterocycles. The van der Waals surface area contributed by atoms with Crippen molar-refractivity contribution in [2.45, 2.75) is 59.2 Å². The Labute approximate surface area is 425 Å². The maximum Gasteiger partial charge on any atom is 0.335 e. The van der Waals surface area contributed by atoms with E-state index in [0.29, 0.717) is 89.1 Å². The Hall–Kier alpha value is -6.11. The molecule has 4 aromatic heterocycles.